The Hall–Kier alpha value is -0.610. The number of carbonyl (C=O) groups is 1. The lowest BCUT2D eigenvalue weighted by Gasteiger charge is -2.11. The number of aliphatic hydroxyl groups excluding tert-OH is 1. The maximum atomic E-state index is 10.2. The van der Waals surface area contributed by atoms with E-state index in [0.717, 1.165) is 0 Å². The Kier molecular flexibility index (Phi) is 4.81. The van der Waals surface area contributed by atoms with Crippen LogP contribution in [0.2, 0.25) is 0 Å². The quantitative estimate of drug-likeness (QED) is 0.602. The second-order valence-corrected chi connectivity index (χ2v) is 2.60. The number of aliphatic carboxylic acids is 1. The Labute approximate surface area is 65.8 Å². The van der Waals surface area contributed by atoms with Gasteiger partial charge in [-0.2, -0.15) is 0 Å². The van der Waals surface area contributed by atoms with Crippen molar-refractivity contribution in [3.8, 4) is 0 Å². The molecule has 0 aromatic rings. The summed E-state index contributed by atoms with van der Waals surface area (Å²) in [5.41, 5.74) is 0. The van der Waals surface area contributed by atoms with E-state index in [1.165, 1.54) is 6.92 Å². The molecular formula is C7H14O4. The van der Waals surface area contributed by atoms with Crippen LogP contribution in [0.4, 0.5) is 0 Å². The number of hydrogen-bond donors (Lipinski definition) is 2. The van der Waals surface area contributed by atoms with Crippen molar-refractivity contribution in [2.24, 2.45) is 5.92 Å². The molecule has 0 aromatic carbocycles. The highest BCUT2D eigenvalue weighted by atomic mass is 16.5. The molecule has 4 heteroatoms. The number of aliphatic hydroxyl groups is 1. The van der Waals surface area contributed by atoms with E-state index < -0.39 is 12.1 Å². The second-order valence-electron chi connectivity index (χ2n) is 2.60. The van der Waals surface area contributed by atoms with Gasteiger partial charge in [-0.15, -0.1) is 0 Å². The van der Waals surface area contributed by atoms with E-state index in [4.69, 9.17) is 14.9 Å². The van der Waals surface area contributed by atoms with Crippen LogP contribution in [0, 0.1) is 5.92 Å². The van der Waals surface area contributed by atoms with Gasteiger partial charge >= 0.3 is 5.97 Å². The van der Waals surface area contributed by atoms with Gasteiger partial charge < -0.3 is 14.9 Å². The lowest BCUT2D eigenvalue weighted by Crippen LogP contribution is -2.23. The van der Waals surface area contributed by atoms with Gasteiger partial charge in [-0.25, -0.2) is 4.79 Å². The van der Waals surface area contributed by atoms with Gasteiger partial charge in [-0.05, 0) is 6.92 Å². The minimum absolute atomic E-state index is 0.00296. The predicted molar refractivity (Wildman–Crippen MR) is 39.3 cm³/mol. The summed E-state index contributed by atoms with van der Waals surface area (Å²) >= 11 is 0. The van der Waals surface area contributed by atoms with Crippen LogP contribution < -0.4 is 0 Å². The largest absolute Gasteiger partial charge is 0.479 e. The maximum absolute atomic E-state index is 10.2. The molecule has 11 heavy (non-hydrogen) atoms. The van der Waals surface area contributed by atoms with E-state index in [2.05, 4.69) is 0 Å². The number of carboxylic acids is 1. The fourth-order valence-corrected chi connectivity index (χ4v) is 0.433. The Balaban J connectivity index is 3.45. The predicted octanol–water partition coefficient (Wildman–Crippen LogP) is 0.104. The summed E-state index contributed by atoms with van der Waals surface area (Å²) in [4.78, 5) is 10.2. The van der Waals surface area contributed by atoms with Gasteiger partial charge in [-0.1, -0.05) is 6.92 Å². The van der Waals surface area contributed by atoms with Crippen molar-refractivity contribution in [2.75, 3.05) is 13.2 Å². The van der Waals surface area contributed by atoms with E-state index in [9.17, 15) is 4.79 Å². The van der Waals surface area contributed by atoms with E-state index in [1.54, 1.807) is 6.92 Å². The molecular weight excluding hydrogens is 148 g/mol. The molecule has 0 aromatic heterocycles. The van der Waals surface area contributed by atoms with Crippen molar-refractivity contribution in [3.63, 3.8) is 0 Å². The highest BCUT2D eigenvalue weighted by Crippen LogP contribution is 1.97. The van der Waals surface area contributed by atoms with Gasteiger partial charge in [0.05, 0.1) is 6.61 Å². The molecule has 0 bridgehead atoms. The second kappa shape index (κ2) is 5.09. The number of hydrogen-bond acceptors (Lipinski definition) is 3. The molecule has 0 rings (SSSR count). The molecule has 0 saturated carbocycles. The molecule has 2 N–H and O–H groups in total. The summed E-state index contributed by atoms with van der Waals surface area (Å²) in [6.07, 6.45) is -0.788. The van der Waals surface area contributed by atoms with Gasteiger partial charge in [0.2, 0.25) is 0 Å². The standard InChI is InChI=1S/C7H14O4/c1-5(3-8)4-11-6(2)7(9)10/h5-6,8H,3-4H2,1-2H3,(H,9,10). The Morgan fingerprint density at radius 2 is 2.09 bits per heavy atom. The van der Waals surface area contributed by atoms with Crippen molar-refractivity contribution in [1.82, 2.24) is 0 Å². The molecule has 66 valence electrons. The zero-order valence-electron chi connectivity index (χ0n) is 6.78. The summed E-state index contributed by atoms with van der Waals surface area (Å²) in [5.74, 6) is -0.980. The van der Waals surface area contributed by atoms with Crippen molar-refractivity contribution < 1.29 is 19.7 Å². The van der Waals surface area contributed by atoms with E-state index in [0.29, 0.717) is 0 Å². The van der Waals surface area contributed by atoms with Gasteiger partial charge in [0.1, 0.15) is 0 Å². The van der Waals surface area contributed by atoms with Crippen LogP contribution in [0.5, 0.6) is 0 Å². The summed E-state index contributed by atoms with van der Waals surface area (Å²) in [6.45, 7) is 3.55. The van der Waals surface area contributed by atoms with Gasteiger partial charge in [0, 0.05) is 12.5 Å². The topological polar surface area (TPSA) is 66.8 Å². The van der Waals surface area contributed by atoms with Crippen LogP contribution in [-0.2, 0) is 9.53 Å². The molecule has 0 amide bonds. The number of carboxylic acid groups (broad SMARTS) is 1. The molecule has 0 aliphatic heterocycles. The fourth-order valence-electron chi connectivity index (χ4n) is 0.433. The highest BCUT2D eigenvalue weighted by Gasteiger charge is 2.11. The highest BCUT2D eigenvalue weighted by molar-refractivity contribution is 5.71. The van der Waals surface area contributed by atoms with Crippen LogP contribution in [0.15, 0.2) is 0 Å². The van der Waals surface area contributed by atoms with Crippen LogP contribution in [0.25, 0.3) is 0 Å². The first-order chi connectivity index (χ1) is 5.07. The molecule has 4 nitrogen and oxygen atoms in total. The maximum Gasteiger partial charge on any atom is 0.332 e. The van der Waals surface area contributed by atoms with E-state index in [-0.39, 0.29) is 19.1 Å². The molecule has 2 unspecified atom stereocenters. The first kappa shape index (κ1) is 10.4. The molecule has 0 fully saturated rings. The summed E-state index contributed by atoms with van der Waals surface area (Å²) in [6, 6.07) is 0. The van der Waals surface area contributed by atoms with Gasteiger partial charge in [-0.3, -0.25) is 0 Å². The third kappa shape index (κ3) is 4.75. The van der Waals surface area contributed by atoms with Crippen LogP contribution in [-0.4, -0.2) is 35.5 Å². The molecule has 0 aliphatic rings. The lowest BCUT2D eigenvalue weighted by molar-refractivity contribution is -0.150. The van der Waals surface area contributed by atoms with Crippen LogP contribution in [0.1, 0.15) is 13.8 Å². The average molecular weight is 162 g/mol. The zero-order chi connectivity index (χ0) is 8.85. The van der Waals surface area contributed by atoms with Gasteiger partial charge in [0.15, 0.2) is 6.10 Å². The Morgan fingerprint density at radius 1 is 1.55 bits per heavy atom. The van der Waals surface area contributed by atoms with Crippen molar-refractivity contribution in [3.05, 3.63) is 0 Å². The minimum atomic E-state index is -0.977. The molecule has 0 radical (unpaired) electrons. The van der Waals surface area contributed by atoms with E-state index in [1.807, 2.05) is 0 Å². The lowest BCUT2D eigenvalue weighted by atomic mass is 10.2. The first-order valence-electron chi connectivity index (χ1n) is 3.53. The van der Waals surface area contributed by atoms with Crippen LogP contribution >= 0.6 is 0 Å². The third-order valence-electron chi connectivity index (χ3n) is 1.29. The third-order valence-corrected chi connectivity index (χ3v) is 1.29. The molecule has 0 heterocycles. The van der Waals surface area contributed by atoms with Crippen molar-refractivity contribution >= 4 is 5.97 Å². The molecule has 0 aliphatic carbocycles. The van der Waals surface area contributed by atoms with E-state index >= 15 is 0 Å². The van der Waals surface area contributed by atoms with Crippen LogP contribution in [0.3, 0.4) is 0 Å². The summed E-state index contributed by atoms with van der Waals surface area (Å²) in [5, 5.41) is 16.9. The fraction of sp³-hybridized carbons (Fsp3) is 0.857. The number of ether oxygens (including phenoxy) is 1. The number of rotatable bonds is 5. The monoisotopic (exact) mass is 162 g/mol. The first-order valence-corrected chi connectivity index (χ1v) is 3.53. The van der Waals surface area contributed by atoms with Crippen molar-refractivity contribution in [2.45, 2.75) is 20.0 Å². The summed E-state index contributed by atoms with van der Waals surface area (Å²) in [7, 11) is 0. The zero-order valence-corrected chi connectivity index (χ0v) is 6.78. The Bertz CT molecular complexity index is 124. The SMILES string of the molecule is CC(CO)COC(C)C(=O)O. The van der Waals surface area contributed by atoms with Crippen molar-refractivity contribution in [1.29, 1.82) is 0 Å². The molecule has 0 spiro atoms. The molecule has 2 atom stereocenters. The Morgan fingerprint density at radius 3 is 2.45 bits per heavy atom. The van der Waals surface area contributed by atoms with Gasteiger partial charge in [0.25, 0.3) is 0 Å². The summed E-state index contributed by atoms with van der Waals surface area (Å²) < 4.78 is 4.90. The minimum Gasteiger partial charge on any atom is -0.479 e. The average Bonchev–Trinajstić information content (AvgIpc) is 1.99. The molecule has 0 saturated heterocycles. The smallest absolute Gasteiger partial charge is 0.332 e. The normalized spacial score (nSPS) is 15.9.